The average Bonchev–Trinajstić information content (AvgIpc) is 2.55. The van der Waals surface area contributed by atoms with Crippen molar-refractivity contribution in [2.45, 2.75) is 11.1 Å². The minimum atomic E-state index is -0.417. The van der Waals surface area contributed by atoms with Gasteiger partial charge < -0.3 is 4.42 Å². The molecule has 0 unspecified atom stereocenters. The quantitative estimate of drug-likeness (QED) is 0.712. The van der Waals surface area contributed by atoms with Crippen molar-refractivity contribution >= 4 is 33.3 Å². The zero-order valence-corrected chi connectivity index (χ0v) is 9.66. The van der Waals surface area contributed by atoms with E-state index in [1.165, 1.54) is 23.1 Å². The lowest BCUT2D eigenvalue weighted by Crippen LogP contribution is -2.00. The summed E-state index contributed by atoms with van der Waals surface area (Å²) >= 11 is 2.69. The van der Waals surface area contributed by atoms with Gasteiger partial charge in [0.05, 0.1) is 4.21 Å². The van der Waals surface area contributed by atoms with Crippen LogP contribution < -0.4 is 5.63 Å². The molecule has 0 saturated carbocycles. The summed E-state index contributed by atoms with van der Waals surface area (Å²) < 4.78 is 6.09. The predicted molar refractivity (Wildman–Crippen MR) is 59.4 cm³/mol. The summed E-state index contributed by atoms with van der Waals surface area (Å²) in [4.78, 5) is 15.6. The third kappa shape index (κ3) is 1.54. The molecule has 2 aromatic rings. The van der Waals surface area contributed by atoms with Crippen molar-refractivity contribution in [3.63, 3.8) is 0 Å². The van der Waals surface area contributed by atoms with E-state index in [4.69, 9.17) is 9.68 Å². The van der Waals surface area contributed by atoms with Crippen molar-refractivity contribution in [3.05, 3.63) is 21.9 Å². The van der Waals surface area contributed by atoms with Crippen LogP contribution in [0.5, 0.6) is 0 Å². The van der Waals surface area contributed by atoms with E-state index in [2.05, 4.69) is 11.1 Å². The van der Waals surface area contributed by atoms with Gasteiger partial charge in [-0.2, -0.15) is 5.26 Å². The van der Waals surface area contributed by atoms with Gasteiger partial charge in [-0.15, -0.1) is 23.1 Å². The van der Waals surface area contributed by atoms with Gasteiger partial charge in [-0.3, -0.25) is 0 Å². The summed E-state index contributed by atoms with van der Waals surface area (Å²) in [7, 11) is 0. The van der Waals surface area contributed by atoms with Crippen molar-refractivity contribution in [2.24, 2.45) is 0 Å². The van der Waals surface area contributed by atoms with E-state index in [0.717, 1.165) is 4.21 Å². The number of nitrogens with zero attached hydrogens (tertiary/aromatic N) is 2. The number of aryl methyl sites for hydroxylation is 1. The van der Waals surface area contributed by atoms with Crippen LogP contribution in [0.2, 0.25) is 0 Å². The molecule has 0 aliphatic heterocycles. The summed E-state index contributed by atoms with van der Waals surface area (Å²) in [5.74, 6) is 0.287. The minimum absolute atomic E-state index is 0.287. The molecule has 0 aliphatic carbocycles. The lowest BCUT2D eigenvalue weighted by Gasteiger charge is -1.90. The molecule has 0 N–H and O–H groups in total. The number of rotatable bonds is 1. The van der Waals surface area contributed by atoms with Gasteiger partial charge in [0.2, 0.25) is 0 Å². The highest BCUT2D eigenvalue weighted by Gasteiger charge is 2.16. The molecule has 0 aromatic carbocycles. The zero-order chi connectivity index (χ0) is 11.0. The van der Waals surface area contributed by atoms with Crippen molar-refractivity contribution < 1.29 is 4.42 Å². The molecule has 0 saturated heterocycles. The van der Waals surface area contributed by atoms with E-state index in [9.17, 15) is 4.79 Å². The smallest absolute Gasteiger partial charge is 0.357 e. The fourth-order valence-corrected chi connectivity index (χ4v) is 2.98. The Balaban J connectivity index is 2.97. The Hall–Kier alpha value is -1.32. The highest BCUT2D eigenvalue weighted by atomic mass is 32.2. The van der Waals surface area contributed by atoms with Crippen molar-refractivity contribution in [2.75, 3.05) is 6.26 Å². The molecule has 0 spiro atoms. The maximum Gasteiger partial charge on any atom is 0.357 e. The maximum absolute atomic E-state index is 11.5. The Morgan fingerprint density at radius 1 is 1.60 bits per heavy atom. The lowest BCUT2D eigenvalue weighted by molar-refractivity contribution is 0.468. The van der Waals surface area contributed by atoms with Crippen molar-refractivity contribution in [3.8, 4) is 6.07 Å². The predicted octanol–water partition coefficient (Wildman–Crippen LogP) is 2.15. The molecule has 2 rings (SSSR count). The van der Waals surface area contributed by atoms with E-state index in [-0.39, 0.29) is 5.89 Å². The monoisotopic (exact) mass is 238 g/mol. The third-order valence-corrected chi connectivity index (χ3v) is 4.12. The highest BCUT2D eigenvalue weighted by Crippen LogP contribution is 2.33. The Morgan fingerprint density at radius 2 is 2.33 bits per heavy atom. The molecule has 0 amide bonds. The normalized spacial score (nSPS) is 10.5. The van der Waals surface area contributed by atoms with Gasteiger partial charge >= 0.3 is 5.63 Å². The van der Waals surface area contributed by atoms with Crippen LogP contribution in [0.25, 0.3) is 10.2 Å². The SMILES string of the molecule is CSc1sc2c(=O)oc(C)nc2c1C#N. The first-order valence-corrected chi connectivity index (χ1v) is 6.10. The molecule has 6 heteroatoms. The fourth-order valence-electron chi connectivity index (χ4n) is 1.25. The van der Waals surface area contributed by atoms with E-state index in [0.29, 0.717) is 15.8 Å². The van der Waals surface area contributed by atoms with E-state index < -0.39 is 5.63 Å². The fraction of sp³-hybridized carbons (Fsp3) is 0.222. The largest absolute Gasteiger partial charge is 0.408 e. The van der Waals surface area contributed by atoms with E-state index in [1.54, 1.807) is 6.92 Å². The Kier molecular flexibility index (Phi) is 2.50. The van der Waals surface area contributed by atoms with Crippen LogP contribution in [-0.2, 0) is 0 Å². The van der Waals surface area contributed by atoms with E-state index >= 15 is 0 Å². The number of fused-ring (bicyclic) bond motifs is 1. The van der Waals surface area contributed by atoms with Crippen LogP contribution in [0.1, 0.15) is 11.5 Å². The molecule has 2 heterocycles. The Morgan fingerprint density at radius 3 is 2.93 bits per heavy atom. The summed E-state index contributed by atoms with van der Waals surface area (Å²) in [6.45, 7) is 1.60. The van der Waals surface area contributed by atoms with Gasteiger partial charge in [-0.25, -0.2) is 9.78 Å². The standard InChI is InChI=1S/C9H6N2O2S2/c1-4-11-6-5(3-10)9(14-2)15-7(6)8(12)13-4/h1-2H3. The minimum Gasteiger partial charge on any atom is -0.408 e. The van der Waals surface area contributed by atoms with Gasteiger partial charge in [0.15, 0.2) is 5.89 Å². The molecule has 2 aromatic heterocycles. The molecular formula is C9H6N2O2S2. The molecule has 0 aliphatic rings. The molecule has 76 valence electrons. The average molecular weight is 238 g/mol. The second-order valence-corrected chi connectivity index (χ2v) is 4.87. The van der Waals surface area contributed by atoms with Crippen LogP contribution in [0, 0.1) is 18.3 Å². The molecule has 0 fully saturated rings. The number of thiophene rings is 1. The second kappa shape index (κ2) is 3.68. The second-order valence-electron chi connectivity index (χ2n) is 2.78. The first-order chi connectivity index (χ1) is 7.17. The summed E-state index contributed by atoms with van der Waals surface area (Å²) in [5, 5.41) is 8.99. The number of hydrogen-bond donors (Lipinski definition) is 0. The van der Waals surface area contributed by atoms with Gasteiger partial charge in [-0.1, -0.05) is 0 Å². The summed E-state index contributed by atoms with van der Waals surface area (Å²) in [6, 6.07) is 2.07. The zero-order valence-electron chi connectivity index (χ0n) is 8.03. The van der Waals surface area contributed by atoms with Gasteiger partial charge in [0, 0.05) is 6.92 Å². The molecule has 0 radical (unpaired) electrons. The summed E-state index contributed by atoms with van der Waals surface area (Å²) in [5.41, 5.74) is 0.512. The first-order valence-electron chi connectivity index (χ1n) is 4.05. The van der Waals surface area contributed by atoms with Crippen LogP contribution in [0.4, 0.5) is 0 Å². The van der Waals surface area contributed by atoms with Crippen LogP contribution >= 0.6 is 23.1 Å². The van der Waals surface area contributed by atoms with Crippen LogP contribution in [-0.4, -0.2) is 11.2 Å². The van der Waals surface area contributed by atoms with Crippen molar-refractivity contribution in [1.29, 1.82) is 5.26 Å². The van der Waals surface area contributed by atoms with Gasteiger partial charge in [-0.05, 0) is 6.26 Å². The number of thioether (sulfide) groups is 1. The van der Waals surface area contributed by atoms with Crippen LogP contribution in [0.15, 0.2) is 13.4 Å². The van der Waals surface area contributed by atoms with Gasteiger partial charge in [0.25, 0.3) is 0 Å². The van der Waals surface area contributed by atoms with Crippen LogP contribution in [0.3, 0.4) is 0 Å². The molecule has 0 bridgehead atoms. The number of nitriles is 1. The number of hydrogen-bond acceptors (Lipinski definition) is 6. The molecule has 0 atom stereocenters. The van der Waals surface area contributed by atoms with E-state index in [1.807, 2.05) is 6.26 Å². The first kappa shape index (κ1) is 10.2. The Labute approximate surface area is 93.5 Å². The molecular weight excluding hydrogens is 232 g/mol. The topological polar surface area (TPSA) is 66.9 Å². The van der Waals surface area contributed by atoms with Gasteiger partial charge in [0.1, 0.15) is 21.8 Å². The van der Waals surface area contributed by atoms with Crippen molar-refractivity contribution in [1.82, 2.24) is 4.98 Å². The highest BCUT2D eigenvalue weighted by molar-refractivity contribution is 8.00. The molecule has 4 nitrogen and oxygen atoms in total. The number of aromatic nitrogens is 1. The summed E-state index contributed by atoms with van der Waals surface area (Å²) in [6.07, 6.45) is 1.86. The Bertz CT molecular complexity index is 621. The molecule has 15 heavy (non-hydrogen) atoms. The third-order valence-electron chi connectivity index (χ3n) is 1.84. The maximum atomic E-state index is 11.5. The lowest BCUT2D eigenvalue weighted by atomic mass is 10.3.